The van der Waals surface area contributed by atoms with Crippen molar-refractivity contribution in [2.75, 3.05) is 32.8 Å². The van der Waals surface area contributed by atoms with E-state index in [0.717, 1.165) is 45.1 Å². The van der Waals surface area contributed by atoms with Crippen LogP contribution in [0.1, 0.15) is 11.4 Å². The summed E-state index contributed by atoms with van der Waals surface area (Å²) in [5.41, 5.74) is 1.62. The molecule has 0 atom stereocenters. The van der Waals surface area contributed by atoms with E-state index in [2.05, 4.69) is 15.2 Å². The molecule has 0 saturated carbocycles. The van der Waals surface area contributed by atoms with E-state index in [-0.39, 0.29) is 6.61 Å². The van der Waals surface area contributed by atoms with Gasteiger partial charge in [-0.15, -0.1) is 5.10 Å². The van der Waals surface area contributed by atoms with E-state index in [1.807, 2.05) is 11.6 Å². The molecule has 6 heteroatoms. The molecule has 0 aliphatic carbocycles. The highest BCUT2D eigenvalue weighted by molar-refractivity contribution is 5.05. The number of hydrogen-bond donors (Lipinski definition) is 1. The molecule has 0 amide bonds. The maximum Gasteiger partial charge on any atom is 0.111 e. The summed E-state index contributed by atoms with van der Waals surface area (Å²) in [4.78, 5) is 2.35. The third kappa shape index (κ3) is 2.58. The van der Waals surface area contributed by atoms with E-state index in [9.17, 15) is 0 Å². The first-order valence-electron chi connectivity index (χ1n) is 5.61. The van der Waals surface area contributed by atoms with Crippen molar-refractivity contribution in [3.63, 3.8) is 0 Å². The molecule has 0 spiro atoms. The number of aliphatic hydroxyl groups is 1. The molecule has 2 rings (SSSR count). The summed E-state index contributed by atoms with van der Waals surface area (Å²) < 4.78 is 7.14. The number of rotatable bonds is 4. The highest BCUT2D eigenvalue weighted by Crippen LogP contribution is 2.04. The molecular weight excluding hydrogens is 208 g/mol. The smallest absolute Gasteiger partial charge is 0.111 e. The van der Waals surface area contributed by atoms with Gasteiger partial charge in [0.05, 0.1) is 32.1 Å². The molecule has 16 heavy (non-hydrogen) atoms. The second kappa shape index (κ2) is 5.38. The summed E-state index contributed by atoms with van der Waals surface area (Å²) in [7, 11) is 0. The Morgan fingerprint density at radius 3 is 2.69 bits per heavy atom. The average molecular weight is 226 g/mol. The van der Waals surface area contributed by atoms with E-state index in [0.29, 0.717) is 5.69 Å². The number of aliphatic hydroxyl groups excluding tert-OH is 1. The molecule has 1 aliphatic heterocycles. The molecule has 1 fully saturated rings. The highest BCUT2D eigenvalue weighted by Gasteiger charge is 2.12. The zero-order chi connectivity index (χ0) is 11.4. The van der Waals surface area contributed by atoms with Crippen LogP contribution in [-0.2, 0) is 17.9 Å². The Kier molecular flexibility index (Phi) is 3.87. The largest absolute Gasteiger partial charge is 0.390 e. The normalized spacial score (nSPS) is 17.9. The number of hydrogen-bond acceptors (Lipinski definition) is 5. The van der Waals surface area contributed by atoms with E-state index in [1.54, 1.807) is 0 Å². The van der Waals surface area contributed by atoms with E-state index in [4.69, 9.17) is 9.84 Å². The number of aromatic nitrogens is 3. The fraction of sp³-hybridized carbons (Fsp3) is 0.800. The molecule has 1 aromatic heterocycles. The SMILES string of the molecule is Cc1c(CO)nnn1CCN1CCOCC1. The predicted molar refractivity (Wildman–Crippen MR) is 57.9 cm³/mol. The van der Waals surface area contributed by atoms with E-state index < -0.39 is 0 Å². The van der Waals surface area contributed by atoms with E-state index >= 15 is 0 Å². The zero-order valence-corrected chi connectivity index (χ0v) is 9.59. The third-order valence-electron chi connectivity index (χ3n) is 2.96. The van der Waals surface area contributed by atoms with Gasteiger partial charge >= 0.3 is 0 Å². The average Bonchev–Trinajstić information content (AvgIpc) is 2.69. The first-order chi connectivity index (χ1) is 7.81. The molecule has 0 radical (unpaired) electrons. The quantitative estimate of drug-likeness (QED) is 0.743. The zero-order valence-electron chi connectivity index (χ0n) is 9.59. The van der Waals surface area contributed by atoms with Gasteiger partial charge in [-0.3, -0.25) is 4.90 Å². The maximum atomic E-state index is 9.01. The minimum absolute atomic E-state index is 0.0383. The van der Waals surface area contributed by atoms with Gasteiger partial charge in [-0.05, 0) is 6.92 Å². The number of ether oxygens (including phenoxy) is 1. The lowest BCUT2D eigenvalue weighted by Gasteiger charge is -2.26. The topological polar surface area (TPSA) is 63.4 Å². The molecule has 0 bridgehead atoms. The van der Waals surface area contributed by atoms with Gasteiger partial charge in [-0.1, -0.05) is 5.21 Å². The van der Waals surface area contributed by atoms with Crippen molar-refractivity contribution in [1.29, 1.82) is 0 Å². The van der Waals surface area contributed by atoms with E-state index in [1.165, 1.54) is 0 Å². The van der Waals surface area contributed by atoms with Crippen LogP contribution in [0.15, 0.2) is 0 Å². The van der Waals surface area contributed by atoms with Crippen LogP contribution in [0.3, 0.4) is 0 Å². The summed E-state index contributed by atoms with van der Waals surface area (Å²) in [5.74, 6) is 0. The molecule has 90 valence electrons. The van der Waals surface area contributed by atoms with Gasteiger partial charge in [-0.2, -0.15) is 0 Å². The van der Waals surface area contributed by atoms with Crippen molar-refractivity contribution < 1.29 is 9.84 Å². The Bertz CT molecular complexity index is 334. The Hall–Kier alpha value is -0.980. The van der Waals surface area contributed by atoms with Crippen molar-refractivity contribution in [2.24, 2.45) is 0 Å². The summed E-state index contributed by atoms with van der Waals surface area (Å²) in [5, 5.41) is 16.9. The van der Waals surface area contributed by atoms with Gasteiger partial charge < -0.3 is 9.84 Å². The van der Waals surface area contributed by atoms with Crippen LogP contribution in [0.4, 0.5) is 0 Å². The van der Waals surface area contributed by atoms with Crippen LogP contribution in [0.5, 0.6) is 0 Å². The standard InChI is InChI=1S/C10H18N4O2/c1-9-10(8-15)11-12-14(9)3-2-13-4-6-16-7-5-13/h15H,2-8H2,1H3. The first-order valence-corrected chi connectivity index (χ1v) is 5.61. The highest BCUT2D eigenvalue weighted by atomic mass is 16.5. The van der Waals surface area contributed by atoms with Gasteiger partial charge in [0.2, 0.25) is 0 Å². The Morgan fingerprint density at radius 1 is 1.31 bits per heavy atom. The lowest BCUT2D eigenvalue weighted by molar-refractivity contribution is 0.0358. The molecule has 0 unspecified atom stereocenters. The Balaban J connectivity index is 1.86. The lowest BCUT2D eigenvalue weighted by Crippen LogP contribution is -2.38. The van der Waals surface area contributed by atoms with Gasteiger partial charge in [-0.25, -0.2) is 4.68 Å². The van der Waals surface area contributed by atoms with Crippen LogP contribution < -0.4 is 0 Å². The number of morpholine rings is 1. The van der Waals surface area contributed by atoms with Crippen molar-refractivity contribution >= 4 is 0 Å². The fourth-order valence-corrected chi connectivity index (χ4v) is 1.82. The molecule has 1 aromatic rings. The van der Waals surface area contributed by atoms with Crippen molar-refractivity contribution in [2.45, 2.75) is 20.1 Å². The number of nitrogens with zero attached hydrogens (tertiary/aromatic N) is 4. The minimum Gasteiger partial charge on any atom is -0.390 e. The van der Waals surface area contributed by atoms with Crippen molar-refractivity contribution in [3.05, 3.63) is 11.4 Å². The second-order valence-electron chi connectivity index (χ2n) is 3.96. The summed E-state index contributed by atoms with van der Waals surface area (Å²) in [6, 6.07) is 0. The maximum absolute atomic E-state index is 9.01. The van der Waals surface area contributed by atoms with Gasteiger partial charge in [0.1, 0.15) is 5.69 Å². The van der Waals surface area contributed by atoms with Gasteiger partial charge in [0.15, 0.2) is 0 Å². The summed E-state index contributed by atoms with van der Waals surface area (Å²) in [6.07, 6.45) is 0. The van der Waals surface area contributed by atoms with Gasteiger partial charge in [0.25, 0.3) is 0 Å². The Morgan fingerprint density at radius 2 is 2.06 bits per heavy atom. The molecule has 1 aliphatic rings. The molecule has 1 N–H and O–H groups in total. The van der Waals surface area contributed by atoms with Crippen molar-refractivity contribution in [1.82, 2.24) is 19.9 Å². The fourth-order valence-electron chi connectivity index (χ4n) is 1.82. The Labute approximate surface area is 94.8 Å². The van der Waals surface area contributed by atoms with Crippen LogP contribution in [-0.4, -0.2) is 57.8 Å². The molecule has 2 heterocycles. The van der Waals surface area contributed by atoms with Crippen LogP contribution >= 0.6 is 0 Å². The van der Waals surface area contributed by atoms with Crippen LogP contribution in [0.2, 0.25) is 0 Å². The van der Waals surface area contributed by atoms with Crippen molar-refractivity contribution in [3.8, 4) is 0 Å². The molecular formula is C10H18N4O2. The second-order valence-corrected chi connectivity index (χ2v) is 3.96. The first kappa shape index (κ1) is 11.5. The lowest BCUT2D eigenvalue weighted by atomic mass is 10.3. The van der Waals surface area contributed by atoms with Crippen LogP contribution in [0, 0.1) is 6.92 Å². The monoisotopic (exact) mass is 226 g/mol. The molecule has 6 nitrogen and oxygen atoms in total. The van der Waals surface area contributed by atoms with Gasteiger partial charge in [0, 0.05) is 19.6 Å². The minimum atomic E-state index is -0.0383. The summed E-state index contributed by atoms with van der Waals surface area (Å²) >= 11 is 0. The van der Waals surface area contributed by atoms with Crippen LogP contribution in [0.25, 0.3) is 0 Å². The molecule has 0 aromatic carbocycles. The third-order valence-corrected chi connectivity index (χ3v) is 2.96. The predicted octanol–water partition coefficient (Wildman–Crippen LogP) is -0.589. The molecule has 1 saturated heterocycles. The summed E-state index contributed by atoms with van der Waals surface area (Å²) in [6.45, 7) is 7.28.